The number of carboxylic acid groups (broad SMARTS) is 2. The smallest absolute Gasteiger partial charge is 0.356 e. The molecule has 0 bridgehead atoms. The molecule has 0 heterocycles. The molecule has 0 aromatic heterocycles. The van der Waals surface area contributed by atoms with Gasteiger partial charge >= 0.3 is 11.9 Å². The van der Waals surface area contributed by atoms with Gasteiger partial charge in [0.2, 0.25) is 0 Å². The molecule has 0 fully saturated rings. The number of ether oxygens (including phenoxy) is 1. The fraction of sp³-hybridized carbons (Fsp3) is 0.111. The molecule has 0 saturated heterocycles. The van der Waals surface area contributed by atoms with Gasteiger partial charge in [0.25, 0.3) is 6.10 Å². The van der Waals surface area contributed by atoms with Crippen molar-refractivity contribution in [1.82, 2.24) is 0 Å². The lowest BCUT2D eigenvalue weighted by Crippen LogP contribution is -2.35. The predicted octanol–water partition coefficient (Wildman–Crippen LogP) is 2.42. The number of carboxylic acids is 2. The molecule has 0 amide bonds. The van der Waals surface area contributed by atoms with Crippen LogP contribution in [0, 0.1) is 10.7 Å². The summed E-state index contributed by atoms with van der Waals surface area (Å²) in [5, 5.41) is 17.5. The van der Waals surface area contributed by atoms with Crippen molar-refractivity contribution in [1.29, 1.82) is 0 Å². The van der Waals surface area contributed by atoms with Gasteiger partial charge in [-0.15, -0.1) is 0 Å². The lowest BCUT2D eigenvalue weighted by atomic mass is 10.3. The summed E-state index contributed by atoms with van der Waals surface area (Å²) in [6.07, 6.45) is -1.89. The lowest BCUT2D eigenvalue weighted by molar-refractivity contribution is -0.159. The van der Waals surface area contributed by atoms with Crippen LogP contribution in [0.3, 0.4) is 0 Å². The van der Waals surface area contributed by atoms with E-state index in [2.05, 4.69) is 22.6 Å². The fourth-order valence-electron chi connectivity index (χ4n) is 0.966. The maximum atomic E-state index is 10.7. The molecular formula is C9H5I3O5. The summed E-state index contributed by atoms with van der Waals surface area (Å²) in [6, 6.07) is 3.55. The van der Waals surface area contributed by atoms with Crippen LogP contribution in [-0.4, -0.2) is 28.3 Å². The first kappa shape index (κ1) is 15.2. The zero-order valence-electron chi connectivity index (χ0n) is 7.99. The lowest BCUT2D eigenvalue weighted by Gasteiger charge is -2.14. The van der Waals surface area contributed by atoms with E-state index in [-0.39, 0.29) is 5.75 Å². The Morgan fingerprint density at radius 1 is 1.06 bits per heavy atom. The molecule has 0 saturated carbocycles. The summed E-state index contributed by atoms with van der Waals surface area (Å²) in [4.78, 5) is 21.4. The van der Waals surface area contributed by atoms with E-state index in [1.807, 2.05) is 45.2 Å². The van der Waals surface area contributed by atoms with E-state index in [1.165, 1.54) is 0 Å². The Hall–Kier alpha value is 0.150. The molecule has 92 valence electrons. The van der Waals surface area contributed by atoms with Gasteiger partial charge in [-0.3, -0.25) is 0 Å². The second-order valence-corrected chi connectivity index (χ2v) is 6.44. The zero-order chi connectivity index (χ0) is 13.2. The van der Waals surface area contributed by atoms with E-state index in [1.54, 1.807) is 12.1 Å². The van der Waals surface area contributed by atoms with Crippen LogP contribution in [0.25, 0.3) is 0 Å². The molecule has 0 unspecified atom stereocenters. The second-order valence-electron chi connectivity index (χ2n) is 2.87. The van der Waals surface area contributed by atoms with Gasteiger partial charge in [-0.1, -0.05) is 0 Å². The fourth-order valence-corrected chi connectivity index (χ4v) is 4.80. The maximum Gasteiger partial charge on any atom is 0.356 e. The Morgan fingerprint density at radius 2 is 1.47 bits per heavy atom. The van der Waals surface area contributed by atoms with Crippen LogP contribution in [0.5, 0.6) is 5.75 Å². The summed E-state index contributed by atoms with van der Waals surface area (Å²) in [5.41, 5.74) is 0. The molecule has 0 aliphatic heterocycles. The van der Waals surface area contributed by atoms with Crippen LogP contribution in [0.15, 0.2) is 12.1 Å². The van der Waals surface area contributed by atoms with E-state index in [4.69, 9.17) is 14.9 Å². The summed E-state index contributed by atoms with van der Waals surface area (Å²) in [6.45, 7) is 0. The van der Waals surface area contributed by atoms with Crippen LogP contribution in [-0.2, 0) is 9.59 Å². The third kappa shape index (κ3) is 4.08. The molecule has 17 heavy (non-hydrogen) atoms. The maximum absolute atomic E-state index is 10.7. The van der Waals surface area contributed by atoms with Crippen LogP contribution in [0.1, 0.15) is 0 Å². The SMILES string of the molecule is O=C(O)C(Oc1c(I)cc(I)cc1I)C(=O)O. The van der Waals surface area contributed by atoms with Crippen LogP contribution < -0.4 is 4.74 Å². The van der Waals surface area contributed by atoms with Gasteiger partial charge < -0.3 is 14.9 Å². The van der Waals surface area contributed by atoms with Crippen molar-refractivity contribution in [2.24, 2.45) is 0 Å². The highest BCUT2D eigenvalue weighted by Gasteiger charge is 2.29. The molecule has 1 rings (SSSR count). The second kappa shape index (κ2) is 6.36. The predicted molar refractivity (Wildman–Crippen MR) is 84.3 cm³/mol. The topological polar surface area (TPSA) is 83.8 Å². The molecule has 0 aliphatic rings. The van der Waals surface area contributed by atoms with Gasteiger partial charge in [0.1, 0.15) is 5.75 Å². The van der Waals surface area contributed by atoms with Crippen molar-refractivity contribution >= 4 is 79.7 Å². The number of aliphatic carboxylic acids is 2. The third-order valence-electron chi connectivity index (χ3n) is 1.65. The third-order valence-corrected chi connectivity index (χ3v) is 3.87. The number of hydrogen-bond donors (Lipinski definition) is 2. The van der Waals surface area contributed by atoms with Gasteiger partial charge in [0.05, 0.1) is 7.14 Å². The molecular weight excluding hydrogens is 569 g/mol. The summed E-state index contributed by atoms with van der Waals surface area (Å²) in [5.74, 6) is -2.77. The van der Waals surface area contributed by atoms with Crippen molar-refractivity contribution in [3.8, 4) is 5.75 Å². The summed E-state index contributed by atoms with van der Waals surface area (Å²) in [7, 11) is 0. The Kier molecular flexibility index (Phi) is 5.69. The molecule has 5 nitrogen and oxygen atoms in total. The van der Waals surface area contributed by atoms with Gasteiger partial charge in [-0.25, -0.2) is 9.59 Å². The first-order valence-electron chi connectivity index (χ1n) is 4.09. The minimum Gasteiger partial charge on any atom is -0.478 e. The number of benzene rings is 1. The monoisotopic (exact) mass is 574 g/mol. The Balaban J connectivity index is 3.10. The largest absolute Gasteiger partial charge is 0.478 e. The molecule has 1 aromatic carbocycles. The highest BCUT2D eigenvalue weighted by Crippen LogP contribution is 2.30. The van der Waals surface area contributed by atoms with Crippen molar-refractivity contribution in [3.63, 3.8) is 0 Å². The Bertz CT molecular complexity index is 437. The van der Waals surface area contributed by atoms with Gasteiger partial charge in [-0.05, 0) is 79.9 Å². The first-order valence-corrected chi connectivity index (χ1v) is 7.33. The molecule has 0 atom stereocenters. The van der Waals surface area contributed by atoms with Crippen molar-refractivity contribution in [2.75, 3.05) is 0 Å². The average Bonchev–Trinajstić information content (AvgIpc) is 2.14. The highest BCUT2D eigenvalue weighted by atomic mass is 127. The molecule has 1 aromatic rings. The molecule has 8 heteroatoms. The summed E-state index contributed by atoms with van der Waals surface area (Å²) >= 11 is 6.05. The number of hydrogen-bond acceptors (Lipinski definition) is 3. The number of halogens is 3. The van der Waals surface area contributed by atoms with Gasteiger partial charge in [0, 0.05) is 3.57 Å². The van der Waals surface area contributed by atoms with Crippen LogP contribution in [0.2, 0.25) is 0 Å². The van der Waals surface area contributed by atoms with Crippen LogP contribution in [0.4, 0.5) is 0 Å². The van der Waals surface area contributed by atoms with E-state index in [9.17, 15) is 9.59 Å². The number of carbonyl (C=O) groups is 2. The van der Waals surface area contributed by atoms with Crippen molar-refractivity contribution in [3.05, 3.63) is 22.8 Å². The highest BCUT2D eigenvalue weighted by molar-refractivity contribution is 14.1. The number of rotatable bonds is 4. The quantitative estimate of drug-likeness (QED) is 0.427. The Labute approximate surface area is 137 Å². The van der Waals surface area contributed by atoms with Crippen LogP contribution >= 0.6 is 67.8 Å². The average molecular weight is 574 g/mol. The van der Waals surface area contributed by atoms with Gasteiger partial charge in [0.15, 0.2) is 0 Å². The first-order chi connectivity index (χ1) is 7.82. The minimum atomic E-state index is -1.89. The molecule has 0 radical (unpaired) electrons. The van der Waals surface area contributed by atoms with E-state index < -0.39 is 18.0 Å². The van der Waals surface area contributed by atoms with E-state index in [0.29, 0.717) is 7.14 Å². The molecule has 0 spiro atoms. The molecule has 0 aliphatic carbocycles. The standard InChI is InChI=1S/C9H5I3O5/c10-3-1-4(11)6(5(12)2-3)17-7(8(13)14)9(15)16/h1-2,7H,(H,13,14)(H,15,16). The van der Waals surface area contributed by atoms with Crippen molar-refractivity contribution in [2.45, 2.75) is 6.10 Å². The molecule has 2 N–H and O–H groups in total. The van der Waals surface area contributed by atoms with E-state index >= 15 is 0 Å². The normalized spacial score (nSPS) is 10.4. The van der Waals surface area contributed by atoms with E-state index in [0.717, 1.165) is 3.57 Å². The van der Waals surface area contributed by atoms with Gasteiger partial charge in [-0.2, -0.15) is 0 Å². The minimum absolute atomic E-state index is 0.279. The van der Waals surface area contributed by atoms with Crippen molar-refractivity contribution < 1.29 is 24.5 Å². The summed E-state index contributed by atoms with van der Waals surface area (Å²) < 4.78 is 7.35. The zero-order valence-corrected chi connectivity index (χ0v) is 14.5. The Morgan fingerprint density at radius 3 is 1.82 bits per heavy atom.